The molecule has 0 saturated carbocycles. The molecule has 28 heavy (non-hydrogen) atoms. The summed E-state index contributed by atoms with van der Waals surface area (Å²) in [6.45, 7) is 6.23. The number of ether oxygens (including phenoxy) is 3. The van der Waals surface area contributed by atoms with E-state index >= 15 is 0 Å². The smallest absolute Gasteiger partial charge is 0.127 e. The van der Waals surface area contributed by atoms with Crippen molar-refractivity contribution in [2.45, 2.75) is 20.8 Å². The van der Waals surface area contributed by atoms with E-state index in [2.05, 4.69) is 75.4 Å². The molecule has 0 aliphatic rings. The Labute approximate surface area is 169 Å². The highest BCUT2D eigenvalue weighted by Gasteiger charge is 2.26. The zero-order valence-electron chi connectivity index (χ0n) is 17.4. The summed E-state index contributed by atoms with van der Waals surface area (Å²) in [5.41, 5.74) is 3.51. The first-order valence-electron chi connectivity index (χ1n) is 9.22. The molecule has 0 radical (unpaired) electrons. The van der Waals surface area contributed by atoms with E-state index in [9.17, 15) is 0 Å². The van der Waals surface area contributed by atoms with Gasteiger partial charge in [-0.1, -0.05) is 18.2 Å². The van der Waals surface area contributed by atoms with E-state index in [1.165, 1.54) is 16.7 Å². The van der Waals surface area contributed by atoms with Gasteiger partial charge in [-0.2, -0.15) is 0 Å². The van der Waals surface area contributed by atoms with Crippen molar-refractivity contribution in [3.05, 3.63) is 71.3 Å². The molecule has 3 nitrogen and oxygen atoms in total. The van der Waals surface area contributed by atoms with Crippen molar-refractivity contribution in [3.63, 3.8) is 0 Å². The third-order valence-corrected chi connectivity index (χ3v) is 7.28. The molecule has 3 aromatic rings. The Morgan fingerprint density at radius 1 is 0.500 bits per heavy atom. The summed E-state index contributed by atoms with van der Waals surface area (Å²) >= 11 is 0. The molecule has 0 aliphatic carbocycles. The lowest BCUT2D eigenvalue weighted by atomic mass is 10.2. The van der Waals surface area contributed by atoms with Gasteiger partial charge >= 0.3 is 0 Å². The summed E-state index contributed by atoms with van der Waals surface area (Å²) in [6.07, 6.45) is 0. The maximum absolute atomic E-state index is 5.78. The van der Waals surface area contributed by atoms with Gasteiger partial charge in [-0.25, -0.2) is 0 Å². The zero-order valence-corrected chi connectivity index (χ0v) is 18.3. The summed E-state index contributed by atoms with van der Waals surface area (Å²) in [5.74, 6) is 2.66. The fourth-order valence-electron chi connectivity index (χ4n) is 3.30. The predicted octanol–water partition coefficient (Wildman–Crippen LogP) is 4.40. The molecule has 0 amide bonds. The van der Waals surface area contributed by atoms with E-state index in [-0.39, 0.29) is 0 Å². The summed E-state index contributed by atoms with van der Waals surface area (Å²) < 4.78 is 17.3. The molecule has 0 spiro atoms. The maximum atomic E-state index is 5.78. The molecular formula is C24H27O3P. The summed E-state index contributed by atoms with van der Waals surface area (Å²) in [5, 5.41) is 3.44. The average molecular weight is 394 g/mol. The van der Waals surface area contributed by atoms with Crippen molar-refractivity contribution in [3.8, 4) is 17.2 Å². The van der Waals surface area contributed by atoms with Crippen LogP contribution in [0.4, 0.5) is 0 Å². The van der Waals surface area contributed by atoms with Gasteiger partial charge in [0, 0.05) is 15.9 Å². The van der Waals surface area contributed by atoms with Gasteiger partial charge < -0.3 is 14.2 Å². The van der Waals surface area contributed by atoms with Crippen LogP contribution >= 0.6 is 7.92 Å². The molecule has 4 heteroatoms. The van der Waals surface area contributed by atoms with Gasteiger partial charge in [-0.05, 0) is 81.8 Å². The van der Waals surface area contributed by atoms with Crippen LogP contribution in [0.15, 0.2) is 54.6 Å². The van der Waals surface area contributed by atoms with Crippen LogP contribution in [0.2, 0.25) is 0 Å². The Balaban J connectivity index is 2.33. The van der Waals surface area contributed by atoms with Gasteiger partial charge in [-0.15, -0.1) is 0 Å². The van der Waals surface area contributed by atoms with Gasteiger partial charge in [0.05, 0.1) is 21.3 Å². The Bertz CT molecular complexity index is 854. The van der Waals surface area contributed by atoms with Crippen LogP contribution in [0.1, 0.15) is 16.7 Å². The van der Waals surface area contributed by atoms with Gasteiger partial charge in [0.1, 0.15) is 17.2 Å². The SMILES string of the molecule is COc1cc(C)ccc1P(c1ccc(C)cc1OC)c1ccc(C)cc1OC. The molecule has 0 heterocycles. The Morgan fingerprint density at radius 3 is 1.04 bits per heavy atom. The molecule has 0 bridgehead atoms. The third kappa shape index (κ3) is 4.00. The van der Waals surface area contributed by atoms with Gasteiger partial charge in [0.15, 0.2) is 0 Å². The standard InChI is InChI=1S/C24H27O3P/c1-16-7-10-22(19(13-16)25-4)28(23-11-8-17(2)14-20(23)26-5)24-12-9-18(3)15-21(24)27-6/h7-15H,1-6H3. The second-order valence-electron chi connectivity index (χ2n) is 6.86. The molecule has 146 valence electrons. The average Bonchev–Trinajstić information content (AvgIpc) is 2.70. The van der Waals surface area contributed by atoms with E-state index < -0.39 is 7.92 Å². The van der Waals surface area contributed by atoms with Crippen molar-refractivity contribution in [1.82, 2.24) is 0 Å². The predicted molar refractivity (Wildman–Crippen MR) is 119 cm³/mol. The summed E-state index contributed by atoms with van der Waals surface area (Å²) in [7, 11) is 4.24. The van der Waals surface area contributed by atoms with Gasteiger partial charge in [-0.3, -0.25) is 0 Å². The quantitative estimate of drug-likeness (QED) is 0.580. The minimum Gasteiger partial charge on any atom is -0.496 e. The number of hydrogen-bond acceptors (Lipinski definition) is 3. The zero-order chi connectivity index (χ0) is 20.3. The number of aryl methyl sites for hydroxylation is 3. The van der Waals surface area contributed by atoms with Gasteiger partial charge in [0.25, 0.3) is 0 Å². The number of rotatable bonds is 6. The van der Waals surface area contributed by atoms with E-state index in [1.807, 2.05) is 0 Å². The highest BCUT2D eigenvalue weighted by Crippen LogP contribution is 2.42. The van der Waals surface area contributed by atoms with Crippen LogP contribution in [-0.2, 0) is 0 Å². The fourth-order valence-corrected chi connectivity index (χ4v) is 5.88. The Morgan fingerprint density at radius 2 is 0.786 bits per heavy atom. The number of hydrogen-bond donors (Lipinski definition) is 0. The van der Waals surface area contributed by atoms with Crippen molar-refractivity contribution in [1.29, 1.82) is 0 Å². The van der Waals surface area contributed by atoms with Crippen LogP contribution < -0.4 is 30.1 Å². The second kappa shape index (κ2) is 8.67. The van der Waals surface area contributed by atoms with Crippen LogP contribution in [-0.4, -0.2) is 21.3 Å². The molecular weight excluding hydrogens is 367 g/mol. The third-order valence-electron chi connectivity index (χ3n) is 4.73. The maximum Gasteiger partial charge on any atom is 0.127 e. The fraction of sp³-hybridized carbons (Fsp3) is 0.250. The topological polar surface area (TPSA) is 27.7 Å². The van der Waals surface area contributed by atoms with Crippen LogP contribution in [0.5, 0.6) is 17.2 Å². The Hall–Kier alpha value is -2.51. The highest BCUT2D eigenvalue weighted by molar-refractivity contribution is 7.80. The molecule has 0 aliphatic heterocycles. The molecule has 0 saturated heterocycles. The lowest BCUT2D eigenvalue weighted by Crippen LogP contribution is -2.24. The van der Waals surface area contributed by atoms with Crippen molar-refractivity contribution in [2.75, 3.05) is 21.3 Å². The van der Waals surface area contributed by atoms with E-state index in [4.69, 9.17) is 14.2 Å². The lowest BCUT2D eigenvalue weighted by Gasteiger charge is -2.25. The van der Waals surface area contributed by atoms with E-state index in [1.54, 1.807) is 21.3 Å². The van der Waals surface area contributed by atoms with Crippen LogP contribution in [0.3, 0.4) is 0 Å². The summed E-state index contributed by atoms with van der Waals surface area (Å²) in [4.78, 5) is 0. The summed E-state index contributed by atoms with van der Waals surface area (Å²) in [6, 6.07) is 19.2. The van der Waals surface area contributed by atoms with E-state index in [0.717, 1.165) is 33.2 Å². The largest absolute Gasteiger partial charge is 0.496 e. The van der Waals surface area contributed by atoms with Gasteiger partial charge in [0.2, 0.25) is 0 Å². The molecule has 0 fully saturated rings. The van der Waals surface area contributed by atoms with E-state index in [0.29, 0.717) is 0 Å². The minimum absolute atomic E-state index is 0.886. The normalized spacial score (nSPS) is 10.8. The lowest BCUT2D eigenvalue weighted by molar-refractivity contribution is 0.416. The highest BCUT2D eigenvalue weighted by atomic mass is 31.1. The van der Waals surface area contributed by atoms with Crippen molar-refractivity contribution < 1.29 is 14.2 Å². The molecule has 0 atom stereocenters. The Kier molecular flexibility index (Phi) is 6.26. The van der Waals surface area contributed by atoms with Crippen LogP contribution in [0.25, 0.3) is 0 Å². The molecule has 0 aromatic heterocycles. The molecule has 3 aromatic carbocycles. The first kappa shape index (κ1) is 20.2. The molecule has 0 N–H and O–H groups in total. The van der Waals surface area contributed by atoms with Crippen molar-refractivity contribution >= 4 is 23.8 Å². The number of benzene rings is 3. The first-order chi connectivity index (χ1) is 13.5. The minimum atomic E-state index is -0.938. The first-order valence-corrected chi connectivity index (χ1v) is 10.6. The number of methoxy groups -OCH3 is 3. The van der Waals surface area contributed by atoms with Crippen LogP contribution in [0, 0.1) is 20.8 Å². The molecule has 3 rings (SSSR count). The van der Waals surface area contributed by atoms with Crippen molar-refractivity contribution in [2.24, 2.45) is 0 Å². The second-order valence-corrected chi connectivity index (χ2v) is 8.98. The monoisotopic (exact) mass is 394 g/mol. The molecule has 0 unspecified atom stereocenters.